The molecule has 0 amide bonds. The Morgan fingerprint density at radius 3 is 2.63 bits per heavy atom. The zero-order valence-electron chi connectivity index (χ0n) is 9.86. The number of fused-ring (bicyclic) bond motifs is 1. The summed E-state index contributed by atoms with van der Waals surface area (Å²) in [7, 11) is 0. The van der Waals surface area contributed by atoms with Gasteiger partial charge in [-0.3, -0.25) is 0 Å². The number of hydrogen-bond acceptors (Lipinski definition) is 2. The first kappa shape index (κ1) is 11.9. The van der Waals surface area contributed by atoms with Gasteiger partial charge in [-0.1, -0.05) is 12.1 Å². The summed E-state index contributed by atoms with van der Waals surface area (Å²) in [6.07, 6.45) is 0. The Morgan fingerprint density at radius 1 is 1.05 bits per heavy atom. The predicted molar refractivity (Wildman–Crippen MR) is 67.5 cm³/mol. The van der Waals surface area contributed by atoms with E-state index in [9.17, 15) is 8.78 Å². The molecule has 0 aliphatic rings. The minimum atomic E-state index is -0.538. The maximum Gasteiger partial charge on any atom is 0.170 e. The van der Waals surface area contributed by atoms with Crippen LogP contribution in [0.1, 0.15) is 5.56 Å². The largest absolute Gasteiger partial charge is 0.453 e. The van der Waals surface area contributed by atoms with Gasteiger partial charge in [-0.15, -0.1) is 0 Å². The molecule has 0 radical (unpaired) electrons. The first-order chi connectivity index (χ1) is 9.17. The van der Waals surface area contributed by atoms with Gasteiger partial charge in [-0.05, 0) is 35.9 Å². The van der Waals surface area contributed by atoms with Crippen LogP contribution in [0.5, 0.6) is 0 Å². The van der Waals surface area contributed by atoms with Crippen LogP contribution in [-0.2, 0) is 6.61 Å². The van der Waals surface area contributed by atoms with Crippen LogP contribution in [0.4, 0.5) is 8.78 Å². The molecule has 1 aromatic heterocycles. The topological polar surface area (TPSA) is 33.4 Å². The molecule has 1 N–H and O–H groups in total. The van der Waals surface area contributed by atoms with Gasteiger partial charge in [0.05, 0.1) is 6.61 Å². The highest BCUT2D eigenvalue weighted by Gasteiger charge is 2.12. The van der Waals surface area contributed by atoms with E-state index in [1.165, 1.54) is 18.2 Å². The fourth-order valence-electron chi connectivity index (χ4n) is 2.04. The number of benzene rings is 2. The summed E-state index contributed by atoms with van der Waals surface area (Å²) < 4.78 is 32.3. The van der Waals surface area contributed by atoms with Crippen LogP contribution in [-0.4, -0.2) is 5.11 Å². The summed E-state index contributed by atoms with van der Waals surface area (Å²) >= 11 is 0. The van der Waals surface area contributed by atoms with Crippen molar-refractivity contribution < 1.29 is 18.3 Å². The first-order valence-corrected chi connectivity index (χ1v) is 5.76. The smallest absolute Gasteiger partial charge is 0.170 e. The van der Waals surface area contributed by atoms with Crippen LogP contribution in [0.25, 0.3) is 22.3 Å². The van der Waals surface area contributed by atoms with Crippen LogP contribution in [0, 0.1) is 11.6 Å². The van der Waals surface area contributed by atoms with Crippen molar-refractivity contribution in [2.24, 2.45) is 0 Å². The number of aliphatic hydroxyl groups is 1. The molecule has 0 aliphatic heterocycles. The van der Waals surface area contributed by atoms with E-state index in [1.54, 1.807) is 24.3 Å². The quantitative estimate of drug-likeness (QED) is 0.758. The van der Waals surface area contributed by atoms with Gasteiger partial charge in [-0.25, -0.2) is 8.78 Å². The minimum absolute atomic E-state index is 0.108. The molecule has 4 heteroatoms. The molecule has 2 aromatic carbocycles. The Labute approximate surface area is 107 Å². The monoisotopic (exact) mass is 260 g/mol. The molecule has 2 nitrogen and oxygen atoms in total. The van der Waals surface area contributed by atoms with Gasteiger partial charge in [0, 0.05) is 10.9 Å². The molecule has 96 valence electrons. The van der Waals surface area contributed by atoms with E-state index < -0.39 is 5.82 Å². The van der Waals surface area contributed by atoms with Crippen molar-refractivity contribution in [2.75, 3.05) is 0 Å². The SMILES string of the molecule is OCc1cc(F)c2oc(-c3cccc(F)c3)cc2c1. The van der Waals surface area contributed by atoms with E-state index >= 15 is 0 Å². The normalized spacial score (nSPS) is 11.1. The minimum Gasteiger partial charge on any atom is -0.453 e. The van der Waals surface area contributed by atoms with E-state index in [4.69, 9.17) is 9.52 Å². The van der Waals surface area contributed by atoms with Crippen molar-refractivity contribution in [3.63, 3.8) is 0 Å². The van der Waals surface area contributed by atoms with Crippen LogP contribution in [0.15, 0.2) is 46.9 Å². The Hall–Kier alpha value is -2.20. The van der Waals surface area contributed by atoms with Gasteiger partial charge < -0.3 is 9.52 Å². The Morgan fingerprint density at radius 2 is 1.89 bits per heavy atom. The highest BCUT2D eigenvalue weighted by molar-refractivity contribution is 5.83. The number of hydrogen-bond donors (Lipinski definition) is 1. The van der Waals surface area contributed by atoms with Gasteiger partial charge in [0.25, 0.3) is 0 Å². The molecule has 0 bridgehead atoms. The fraction of sp³-hybridized carbons (Fsp3) is 0.0667. The van der Waals surface area contributed by atoms with Gasteiger partial charge >= 0.3 is 0 Å². The fourth-order valence-corrected chi connectivity index (χ4v) is 2.04. The van der Waals surface area contributed by atoms with E-state index in [1.807, 2.05) is 0 Å². The lowest BCUT2D eigenvalue weighted by Crippen LogP contribution is -1.84. The number of halogens is 2. The summed E-state index contributed by atoms with van der Waals surface area (Å²) in [5.74, 6) is -0.526. The third-order valence-electron chi connectivity index (χ3n) is 2.92. The van der Waals surface area contributed by atoms with Crippen LogP contribution < -0.4 is 0 Å². The van der Waals surface area contributed by atoms with E-state index in [0.29, 0.717) is 22.3 Å². The zero-order chi connectivity index (χ0) is 13.4. The summed E-state index contributed by atoms with van der Waals surface area (Å²) in [6, 6.07) is 10.4. The average Bonchev–Trinajstić information content (AvgIpc) is 2.83. The maximum absolute atomic E-state index is 13.8. The third-order valence-corrected chi connectivity index (χ3v) is 2.92. The molecule has 0 spiro atoms. The lowest BCUT2D eigenvalue weighted by atomic mass is 10.1. The summed E-state index contributed by atoms with van der Waals surface area (Å²) in [6.45, 7) is -0.243. The molecule has 0 saturated heterocycles. The molecular weight excluding hydrogens is 250 g/mol. The molecule has 0 fully saturated rings. The molecule has 19 heavy (non-hydrogen) atoms. The van der Waals surface area contributed by atoms with E-state index in [-0.39, 0.29) is 18.0 Å². The van der Waals surface area contributed by atoms with Crippen molar-refractivity contribution in [1.82, 2.24) is 0 Å². The Balaban J connectivity index is 2.19. The van der Waals surface area contributed by atoms with Gasteiger partial charge in [0.15, 0.2) is 11.4 Å². The molecule has 1 heterocycles. The second-order valence-electron chi connectivity index (χ2n) is 4.28. The van der Waals surface area contributed by atoms with Gasteiger partial charge in [-0.2, -0.15) is 0 Å². The molecule has 0 aliphatic carbocycles. The highest BCUT2D eigenvalue weighted by Crippen LogP contribution is 2.30. The molecule has 3 aromatic rings. The van der Waals surface area contributed by atoms with Crippen molar-refractivity contribution >= 4 is 11.0 Å². The van der Waals surface area contributed by atoms with Crippen LogP contribution in [0.3, 0.4) is 0 Å². The van der Waals surface area contributed by atoms with Crippen molar-refractivity contribution in [3.05, 3.63) is 59.7 Å². The Kier molecular flexibility index (Phi) is 2.80. The second-order valence-corrected chi connectivity index (χ2v) is 4.28. The van der Waals surface area contributed by atoms with E-state index in [0.717, 1.165) is 0 Å². The lowest BCUT2D eigenvalue weighted by molar-refractivity contribution is 0.281. The summed E-state index contributed by atoms with van der Waals surface area (Å²) in [5, 5.41) is 9.58. The molecule has 0 saturated carbocycles. The number of furan rings is 1. The second kappa shape index (κ2) is 4.48. The number of aliphatic hydroxyl groups excluding tert-OH is 1. The maximum atomic E-state index is 13.8. The van der Waals surface area contributed by atoms with Crippen LogP contribution >= 0.6 is 0 Å². The first-order valence-electron chi connectivity index (χ1n) is 5.76. The number of rotatable bonds is 2. The van der Waals surface area contributed by atoms with Crippen molar-refractivity contribution in [1.29, 1.82) is 0 Å². The van der Waals surface area contributed by atoms with E-state index in [2.05, 4.69) is 0 Å². The molecular formula is C15H10F2O2. The average molecular weight is 260 g/mol. The zero-order valence-corrected chi connectivity index (χ0v) is 9.86. The summed E-state index contributed by atoms with van der Waals surface area (Å²) in [5.41, 5.74) is 1.12. The van der Waals surface area contributed by atoms with Crippen LogP contribution in [0.2, 0.25) is 0 Å². The van der Waals surface area contributed by atoms with Gasteiger partial charge in [0.1, 0.15) is 11.6 Å². The van der Waals surface area contributed by atoms with Gasteiger partial charge in [0.2, 0.25) is 0 Å². The van der Waals surface area contributed by atoms with Crippen molar-refractivity contribution in [2.45, 2.75) is 6.61 Å². The predicted octanol–water partition coefficient (Wildman–Crippen LogP) is 3.87. The van der Waals surface area contributed by atoms with Crippen molar-refractivity contribution in [3.8, 4) is 11.3 Å². The standard InChI is InChI=1S/C15H10F2O2/c16-12-3-1-2-10(6-12)14-7-11-4-9(8-18)5-13(17)15(11)19-14/h1-7,18H,8H2. The summed E-state index contributed by atoms with van der Waals surface area (Å²) in [4.78, 5) is 0. The molecule has 0 atom stereocenters. The lowest BCUT2D eigenvalue weighted by Gasteiger charge is -1.97. The highest BCUT2D eigenvalue weighted by atomic mass is 19.1. The third kappa shape index (κ3) is 2.11. The molecule has 0 unspecified atom stereocenters. The Bertz CT molecular complexity index is 747. The molecule has 3 rings (SSSR count).